The molecule has 1 aliphatic rings. The third-order valence-corrected chi connectivity index (χ3v) is 7.22. The Labute approximate surface area is 163 Å². The summed E-state index contributed by atoms with van der Waals surface area (Å²) in [6, 6.07) is 0. The minimum absolute atomic E-state index is 0.0695. The molecule has 0 atom stereocenters. The lowest BCUT2D eigenvalue weighted by atomic mass is 10.1. The van der Waals surface area contributed by atoms with E-state index in [2.05, 4.69) is 0 Å². The van der Waals surface area contributed by atoms with Crippen LogP contribution in [0.25, 0.3) is 5.30 Å². The maximum atomic E-state index is 14.6. The number of carbonyl (C=O) groups excluding carboxylic acids is 2. The van der Waals surface area contributed by atoms with Gasteiger partial charge in [-0.15, -0.1) is 0 Å². The Balaban J connectivity index is 2.46. The highest BCUT2D eigenvalue weighted by Crippen LogP contribution is 2.57. The molecule has 2 aromatic rings. The second-order valence-electron chi connectivity index (χ2n) is 6.20. The molecule has 3 rings (SSSR count). The van der Waals surface area contributed by atoms with Gasteiger partial charge < -0.3 is 9.47 Å². The topological polar surface area (TPSA) is 52.6 Å². The molecule has 10 heteroatoms. The summed E-state index contributed by atoms with van der Waals surface area (Å²) in [6.07, 6.45) is 1.21. The summed E-state index contributed by atoms with van der Waals surface area (Å²) < 4.78 is 80.5. The molecule has 156 valence electrons. The molecule has 0 bridgehead atoms. The van der Waals surface area contributed by atoms with Gasteiger partial charge in [-0.1, -0.05) is 7.53 Å². The van der Waals surface area contributed by atoms with Crippen LogP contribution in [0.4, 0.5) is 22.0 Å². The van der Waals surface area contributed by atoms with Crippen LogP contribution < -0.4 is 0 Å². The number of rotatable bonds is 5. The molecule has 29 heavy (non-hydrogen) atoms. The molecule has 1 aliphatic carbocycles. The maximum absolute atomic E-state index is 14.6. The van der Waals surface area contributed by atoms with Crippen molar-refractivity contribution in [3.8, 4) is 5.30 Å². The van der Waals surface area contributed by atoms with Crippen LogP contribution in [0.5, 0.6) is 0 Å². The molecule has 0 saturated heterocycles. The lowest BCUT2D eigenvalue weighted by molar-refractivity contribution is 0.0523. The molecule has 0 radical (unpaired) electrons. The minimum atomic E-state index is -2.68. The molecule has 1 heterocycles. The van der Waals surface area contributed by atoms with E-state index >= 15 is 0 Å². The molecule has 0 saturated carbocycles. The second-order valence-corrected chi connectivity index (χ2v) is 8.22. The van der Waals surface area contributed by atoms with Gasteiger partial charge >= 0.3 is 11.9 Å². The largest absolute Gasteiger partial charge is 0.462 e. The summed E-state index contributed by atoms with van der Waals surface area (Å²) in [5.74, 6) is -12.6. The van der Waals surface area contributed by atoms with Crippen molar-refractivity contribution in [1.82, 2.24) is 0 Å². The molecule has 0 spiro atoms. The molecule has 0 N–H and O–H groups in total. The molecule has 0 amide bonds. The molecular weight excluding hydrogens is 418 g/mol. The summed E-state index contributed by atoms with van der Waals surface area (Å²) in [4.78, 5) is 25.2. The molecule has 0 aliphatic heterocycles. The summed E-state index contributed by atoms with van der Waals surface area (Å²) in [7, 11) is -2.68. The van der Waals surface area contributed by atoms with E-state index in [1.807, 2.05) is 0 Å². The molecule has 1 aromatic carbocycles. The highest BCUT2D eigenvalue weighted by Gasteiger charge is 2.39. The van der Waals surface area contributed by atoms with Crippen molar-refractivity contribution in [2.75, 3.05) is 13.2 Å². The molecule has 1 aromatic heterocycles. The van der Waals surface area contributed by atoms with E-state index in [0.29, 0.717) is 30.4 Å². The van der Waals surface area contributed by atoms with Crippen molar-refractivity contribution in [2.24, 2.45) is 0 Å². The van der Waals surface area contributed by atoms with Crippen LogP contribution in [0, 0.1) is 29.1 Å². The van der Waals surface area contributed by atoms with Crippen LogP contribution >= 0.6 is 7.53 Å². The van der Waals surface area contributed by atoms with Crippen LogP contribution in [0.2, 0.25) is 0 Å². The first-order valence-corrected chi connectivity index (χ1v) is 10.2. The van der Waals surface area contributed by atoms with Crippen molar-refractivity contribution < 1.29 is 41.0 Å². The zero-order chi connectivity index (χ0) is 21.5. The van der Waals surface area contributed by atoms with Crippen LogP contribution in [0.15, 0.2) is 0 Å². The first-order chi connectivity index (χ1) is 13.8. The van der Waals surface area contributed by atoms with E-state index in [1.54, 1.807) is 0 Å². The van der Waals surface area contributed by atoms with Crippen LogP contribution in [0.1, 0.15) is 51.6 Å². The fraction of sp³-hybridized carbons (Fsp3) is 0.368. The van der Waals surface area contributed by atoms with E-state index in [0.717, 1.165) is 0 Å². The summed E-state index contributed by atoms with van der Waals surface area (Å²) in [6.45, 7) is 2.88. The number of halogens is 5. The van der Waals surface area contributed by atoms with Crippen molar-refractivity contribution in [3.63, 3.8) is 0 Å². The van der Waals surface area contributed by atoms with E-state index in [1.165, 1.54) is 13.8 Å². The Morgan fingerprint density at radius 1 is 0.759 bits per heavy atom. The lowest BCUT2D eigenvalue weighted by Gasteiger charge is -2.14. The van der Waals surface area contributed by atoms with E-state index in [-0.39, 0.29) is 23.8 Å². The number of benzene rings is 1. The number of ether oxygens (including phenoxy) is 2. The summed E-state index contributed by atoms with van der Waals surface area (Å²) in [5, 5.41) is -1.64. The maximum Gasteiger partial charge on any atom is 0.342 e. The molecular formula is C19H16F5O4P. The average Bonchev–Trinajstić information content (AvgIpc) is 3.25. The fourth-order valence-electron chi connectivity index (χ4n) is 3.49. The normalized spacial score (nSPS) is 12.8. The lowest BCUT2D eigenvalue weighted by Crippen LogP contribution is -2.09. The van der Waals surface area contributed by atoms with Gasteiger partial charge in [0.25, 0.3) is 0 Å². The molecule has 0 fully saturated rings. The predicted molar refractivity (Wildman–Crippen MR) is 94.2 cm³/mol. The van der Waals surface area contributed by atoms with Crippen molar-refractivity contribution >= 4 is 19.5 Å². The average molecular weight is 434 g/mol. The first kappa shape index (κ1) is 21.3. The monoisotopic (exact) mass is 434 g/mol. The van der Waals surface area contributed by atoms with Gasteiger partial charge in [0.2, 0.25) is 5.82 Å². The highest BCUT2D eigenvalue weighted by molar-refractivity contribution is 7.61. The smallest absolute Gasteiger partial charge is 0.342 e. The van der Waals surface area contributed by atoms with Gasteiger partial charge in [-0.2, -0.15) is 0 Å². The van der Waals surface area contributed by atoms with Gasteiger partial charge in [-0.05, 0) is 44.2 Å². The number of fused-ring (bicyclic) bond motifs is 1. The van der Waals surface area contributed by atoms with Gasteiger partial charge in [0, 0.05) is 0 Å². The van der Waals surface area contributed by atoms with Crippen LogP contribution in [-0.2, 0) is 22.3 Å². The van der Waals surface area contributed by atoms with Crippen molar-refractivity contribution in [1.29, 1.82) is 0 Å². The summed E-state index contributed by atoms with van der Waals surface area (Å²) in [5.41, 5.74) is 0.725. The zero-order valence-corrected chi connectivity index (χ0v) is 16.4. The van der Waals surface area contributed by atoms with E-state index < -0.39 is 53.9 Å². The Morgan fingerprint density at radius 2 is 1.14 bits per heavy atom. The van der Waals surface area contributed by atoms with Crippen LogP contribution in [-0.4, -0.2) is 25.2 Å². The highest BCUT2D eigenvalue weighted by atomic mass is 31.1. The Hall–Kier alpha value is -2.41. The van der Waals surface area contributed by atoms with Gasteiger partial charge in [-0.25, -0.2) is 31.5 Å². The van der Waals surface area contributed by atoms with Gasteiger partial charge in [0.1, 0.15) is 0 Å². The van der Waals surface area contributed by atoms with Gasteiger partial charge in [-0.3, -0.25) is 0 Å². The number of hydrogen-bond donors (Lipinski definition) is 0. The molecule has 4 nitrogen and oxygen atoms in total. The minimum Gasteiger partial charge on any atom is -0.462 e. The third kappa shape index (κ3) is 3.31. The number of carbonyl (C=O) groups is 2. The number of esters is 2. The quantitative estimate of drug-likeness (QED) is 0.281. The van der Waals surface area contributed by atoms with Crippen LogP contribution in [0.3, 0.4) is 0 Å². The summed E-state index contributed by atoms with van der Waals surface area (Å²) >= 11 is 0. The van der Waals surface area contributed by atoms with Gasteiger partial charge in [0.15, 0.2) is 23.3 Å². The predicted octanol–water partition coefficient (Wildman–Crippen LogP) is 5.20. The third-order valence-electron chi connectivity index (χ3n) is 4.58. The standard InChI is InChI=1S/C19H16F5O4P/c1-3-27-18(25)15-8-6-5-7-9(8)16(19(26)28-4-2)29(15)17-13(23)11(21)10(20)12(22)14(17)24/h3-7H2,1-2H3. The SMILES string of the molecule is CCOC(=O)c1c2c(c(C(=O)OCC)p1-c1c(F)c(F)c(F)c(F)c1F)CCC2. The molecule has 0 unspecified atom stereocenters. The van der Waals surface area contributed by atoms with Crippen molar-refractivity contribution in [2.45, 2.75) is 33.1 Å². The van der Waals surface area contributed by atoms with E-state index in [4.69, 9.17) is 9.47 Å². The Bertz CT molecular complexity index is 942. The Kier molecular flexibility index (Phi) is 5.98. The van der Waals surface area contributed by atoms with Crippen molar-refractivity contribution in [3.05, 3.63) is 50.8 Å². The number of hydrogen-bond acceptors (Lipinski definition) is 4. The van der Waals surface area contributed by atoms with E-state index in [9.17, 15) is 31.5 Å². The fourth-order valence-corrected chi connectivity index (χ4v) is 6.28. The van der Waals surface area contributed by atoms with Gasteiger partial charge in [0.05, 0.1) is 29.1 Å². The zero-order valence-electron chi connectivity index (χ0n) is 15.5. The second kappa shape index (κ2) is 8.14. The Morgan fingerprint density at radius 3 is 1.52 bits per heavy atom. The first-order valence-electron chi connectivity index (χ1n) is 8.88.